The van der Waals surface area contributed by atoms with E-state index in [1.165, 1.54) is 48.4 Å². The molecule has 1 heterocycles. The summed E-state index contributed by atoms with van der Waals surface area (Å²) in [5, 5.41) is 11.4. The number of carbonyl (C=O) groups is 1. The van der Waals surface area contributed by atoms with E-state index in [-0.39, 0.29) is 5.92 Å². The maximum atomic E-state index is 10.9. The number of rotatable bonds is 5. The molecule has 2 aromatic carbocycles. The molecule has 1 aliphatic carbocycles. The monoisotopic (exact) mass is 339 g/mol. The molecule has 0 amide bonds. The summed E-state index contributed by atoms with van der Waals surface area (Å²) in [7, 11) is 0. The van der Waals surface area contributed by atoms with Crippen molar-refractivity contribution in [3.05, 3.63) is 42.0 Å². The quantitative estimate of drug-likeness (QED) is 0.892. The highest BCUT2D eigenvalue weighted by molar-refractivity contribution is 5.84. The summed E-state index contributed by atoms with van der Waals surface area (Å²) in [4.78, 5) is 13.1. The Hall–Kier alpha value is -2.07. The molecule has 132 valence electrons. The van der Waals surface area contributed by atoms with E-state index in [9.17, 15) is 4.79 Å². The molecular formula is C21H25NO3. The van der Waals surface area contributed by atoms with Crippen LogP contribution in [0.3, 0.4) is 0 Å². The van der Waals surface area contributed by atoms with Gasteiger partial charge >= 0.3 is 5.97 Å². The molecule has 0 atom stereocenters. The van der Waals surface area contributed by atoms with E-state index in [1.807, 2.05) is 0 Å². The summed E-state index contributed by atoms with van der Waals surface area (Å²) in [6, 6.07) is 12.8. The van der Waals surface area contributed by atoms with Crippen LogP contribution in [0.15, 0.2) is 36.4 Å². The zero-order valence-electron chi connectivity index (χ0n) is 14.5. The zero-order valence-corrected chi connectivity index (χ0v) is 14.5. The maximum Gasteiger partial charge on any atom is 0.309 e. The smallest absolute Gasteiger partial charge is 0.309 e. The lowest BCUT2D eigenvalue weighted by Crippen LogP contribution is -2.49. The van der Waals surface area contributed by atoms with E-state index in [2.05, 4.69) is 41.3 Å². The molecule has 25 heavy (non-hydrogen) atoms. The molecule has 2 aliphatic rings. The lowest BCUT2D eigenvalue weighted by molar-refractivity contribution is -0.147. The largest absolute Gasteiger partial charge is 0.490 e. The van der Waals surface area contributed by atoms with Crippen molar-refractivity contribution in [2.75, 3.05) is 13.1 Å². The molecule has 0 spiro atoms. The van der Waals surface area contributed by atoms with Gasteiger partial charge in [-0.25, -0.2) is 0 Å². The molecule has 0 unspecified atom stereocenters. The highest BCUT2D eigenvalue weighted by atomic mass is 16.5. The number of hydrogen-bond acceptors (Lipinski definition) is 3. The van der Waals surface area contributed by atoms with Crippen molar-refractivity contribution in [1.82, 2.24) is 4.90 Å². The van der Waals surface area contributed by atoms with E-state index in [0.717, 1.165) is 12.3 Å². The number of nitrogens with zero attached hydrogens (tertiary/aromatic N) is 1. The van der Waals surface area contributed by atoms with Crippen LogP contribution < -0.4 is 4.74 Å². The normalized spacial score (nSPS) is 19.7. The van der Waals surface area contributed by atoms with Crippen LogP contribution in [-0.4, -0.2) is 35.2 Å². The van der Waals surface area contributed by atoms with Crippen molar-refractivity contribution in [2.24, 2.45) is 5.92 Å². The number of aliphatic carboxylic acids is 1. The molecule has 2 fully saturated rings. The van der Waals surface area contributed by atoms with Gasteiger partial charge in [-0.15, -0.1) is 0 Å². The lowest BCUT2D eigenvalue weighted by Gasteiger charge is -2.36. The van der Waals surface area contributed by atoms with E-state index in [1.54, 1.807) is 0 Å². The predicted molar refractivity (Wildman–Crippen MR) is 97.9 cm³/mol. The third-order valence-electron chi connectivity index (χ3n) is 5.44. The number of benzene rings is 2. The minimum Gasteiger partial charge on any atom is -0.490 e. The molecule has 4 heteroatoms. The number of ether oxygens (including phenoxy) is 1. The van der Waals surface area contributed by atoms with Crippen LogP contribution in [0.4, 0.5) is 0 Å². The van der Waals surface area contributed by atoms with Crippen LogP contribution in [-0.2, 0) is 11.3 Å². The minimum absolute atomic E-state index is 0.194. The number of fused-ring (bicyclic) bond motifs is 1. The second kappa shape index (κ2) is 7.04. The SMILES string of the molecule is O=C(O)C1CN(Cc2ccc3cc(OC4CCCCC4)ccc3c2)C1. The Morgan fingerprint density at radius 2 is 1.76 bits per heavy atom. The Morgan fingerprint density at radius 1 is 1.04 bits per heavy atom. The fraction of sp³-hybridized carbons (Fsp3) is 0.476. The van der Waals surface area contributed by atoms with Crippen LogP contribution in [0, 0.1) is 5.92 Å². The zero-order chi connectivity index (χ0) is 17.2. The van der Waals surface area contributed by atoms with Crippen LogP contribution in [0.2, 0.25) is 0 Å². The van der Waals surface area contributed by atoms with Crippen LogP contribution in [0.25, 0.3) is 10.8 Å². The molecule has 4 nitrogen and oxygen atoms in total. The van der Waals surface area contributed by atoms with Crippen molar-refractivity contribution >= 4 is 16.7 Å². The Morgan fingerprint density at radius 3 is 2.52 bits per heavy atom. The summed E-state index contributed by atoms with van der Waals surface area (Å²) >= 11 is 0. The van der Waals surface area contributed by atoms with Gasteiger partial charge in [-0.2, -0.15) is 0 Å². The third-order valence-corrected chi connectivity index (χ3v) is 5.44. The van der Waals surface area contributed by atoms with Gasteiger partial charge in [-0.05, 0) is 60.2 Å². The Kier molecular flexibility index (Phi) is 4.62. The molecule has 0 radical (unpaired) electrons. The van der Waals surface area contributed by atoms with Gasteiger partial charge in [0.25, 0.3) is 0 Å². The summed E-state index contributed by atoms with van der Waals surface area (Å²) in [6.07, 6.45) is 6.61. The summed E-state index contributed by atoms with van der Waals surface area (Å²) in [6.45, 7) is 2.13. The van der Waals surface area contributed by atoms with Gasteiger partial charge in [0.1, 0.15) is 5.75 Å². The van der Waals surface area contributed by atoms with Crippen LogP contribution in [0.5, 0.6) is 5.75 Å². The first kappa shape index (κ1) is 16.4. The van der Waals surface area contributed by atoms with E-state index in [4.69, 9.17) is 9.84 Å². The number of carboxylic acid groups (broad SMARTS) is 1. The Labute approximate surface area is 148 Å². The van der Waals surface area contributed by atoms with Crippen molar-refractivity contribution in [1.29, 1.82) is 0 Å². The standard InChI is InChI=1S/C21H25NO3/c23-21(24)18-13-22(14-18)12-15-6-7-17-11-20(9-8-16(17)10-15)25-19-4-2-1-3-5-19/h6-11,18-19H,1-5,12-14H2,(H,23,24). The van der Waals surface area contributed by atoms with Crippen molar-refractivity contribution in [3.8, 4) is 5.75 Å². The maximum absolute atomic E-state index is 10.9. The fourth-order valence-corrected chi connectivity index (χ4v) is 3.93. The van der Waals surface area contributed by atoms with Gasteiger partial charge in [0.2, 0.25) is 0 Å². The first-order valence-corrected chi connectivity index (χ1v) is 9.32. The Balaban J connectivity index is 1.41. The highest BCUT2D eigenvalue weighted by Gasteiger charge is 2.32. The van der Waals surface area contributed by atoms with Crippen molar-refractivity contribution < 1.29 is 14.6 Å². The average Bonchev–Trinajstić information content (AvgIpc) is 2.58. The van der Waals surface area contributed by atoms with E-state index >= 15 is 0 Å². The van der Waals surface area contributed by atoms with Crippen molar-refractivity contribution in [2.45, 2.75) is 44.8 Å². The van der Waals surface area contributed by atoms with E-state index < -0.39 is 5.97 Å². The second-order valence-corrected chi connectivity index (χ2v) is 7.45. The lowest BCUT2D eigenvalue weighted by atomic mass is 9.97. The number of carboxylic acids is 1. The van der Waals surface area contributed by atoms with Gasteiger partial charge < -0.3 is 9.84 Å². The average molecular weight is 339 g/mol. The third kappa shape index (κ3) is 3.79. The first-order valence-electron chi connectivity index (χ1n) is 9.32. The van der Waals surface area contributed by atoms with Crippen LogP contribution in [0.1, 0.15) is 37.7 Å². The first-order chi connectivity index (χ1) is 12.2. The molecule has 0 aromatic heterocycles. The minimum atomic E-state index is -0.680. The topological polar surface area (TPSA) is 49.8 Å². The second-order valence-electron chi connectivity index (χ2n) is 7.45. The van der Waals surface area contributed by atoms with E-state index in [0.29, 0.717) is 19.2 Å². The molecule has 4 rings (SSSR count). The summed E-state index contributed by atoms with van der Waals surface area (Å²) in [5.74, 6) is 0.0967. The highest BCUT2D eigenvalue weighted by Crippen LogP contribution is 2.27. The molecule has 1 saturated heterocycles. The van der Waals surface area contributed by atoms with Gasteiger partial charge in [0.05, 0.1) is 12.0 Å². The van der Waals surface area contributed by atoms with Gasteiger partial charge in [-0.3, -0.25) is 9.69 Å². The van der Waals surface area contributed by atoms with Crippen molar-refractivity contribution in [3.63, 3.8) is 0 Å². The molecular weight excluding hydrogens is 314 g/mol. The molecule has 1 N–H and O–H groups in total. The molecule has 1 saturated carbocycles. The number of likely N-dealkylation sites (tertiary alicyclic amines) is 1. The Bertz CT molecular complexity index is 761. The fourth-order valence-electron chi connectivity index (χ4n) is 3.93. The molecule has 0 bridgehead atoms. The van der Waals surface area contributed by atoms with Crippen LogP contribution >= 0.6 is 0 Å². The summed E-state index contributed by atoms with van der Waals surface area (Å²) in [5.41, 5.74) is 1.23. The molecule has 1 aliphatic heterocycles. The predicted octanol–water partition coefficient (Wildman–Crippen LogP) is 4.07. The number of hydrogen-bond donors (Lipinski definition) is 1. The van der Waals surface area contributed by atoms with Gasteiger partial charge in [-0.1, -0.05) is 24.6 Å². The summed E-state index contributed by atoms with van der Waals surface area (Å²) < 4.78 is 6.16. The van der Waals surface area contributed by atoms with Gasteiger partial charge in [0.15, 0.2) is 0 Å². The van der Waals surface area contributed by atoms with Gasteiger partial charge in [0, 0.05) is 19.6 Å². The molecule has 2 aromatic rings.